The number of carbonyl (C=O) groups excluding carboxylic acids is 1. The molecule has 0 fully saturated rings. The quantitative estimate of drug-likeness (QED) is 0.204. The SMILES string of the molecule is CO.NN.Nc1ccc(C=O)cc1. The van der Waals surface area contributed by atoms with Crippen LogP contribution in [0.1, 0.15) is 10.4 Å². The number of anilines is 1. The molecule has 0 atom stereocenters. The van der Waals surface area contributed by atoms with Crippen LogP contribution in [-0.4, -0.2) is 18.5 Å². The lowest BCUT2D eigenvalue weighted by Gasteiger charge is -1.89. The minimum Gasteiger partial charge on any atom is -0.400 e. The monoisotopic (exact) mass is 185 g/mol. The van der Waals surface area contributed by atoms with E-state index in [0.29, 0.717) is 11.3 Å². The number of hydrogen-bond donors (Lipinski definition) is 4. The van der Waals surface area contributed by atoms with Crippen LogP contribution in [-0.2, 0) is 0 Å². The van der Waals surface area contributed by atoms with Crippen molar-refractivity contribution in [1.29, 1.82) is 0 Å². The molecule has 74 valence electrons. The number of nitrogen functional groups attached to an aromatic ring is 1. The zero-order chi connectivity index (χ0) is 10.7. The first-order valence-corrected chi connectivity index (χ1v) is 3.41. The fraction of sp³-hybridized carbons (Fsp3) is 0.125. The van der Waals surface area contributed by atoms with Gasteiger partial charge in [-0.05, 0) is 24.3 Å². The van der Waals surface area contributed by atoms with Crippen molar-refractivity contribution in [2.75, 3.05) is 12.8 Å². The van der Waals surface area contributed by atoms with Gasteiger partial charge in [0.15, 0.2) is 0 Å². The van der Waals surface area contributed by atoms with Gasteiger partial charge in [-0.25, -0.2) is 0 Å². The highest BCUT2D eigenvalue weighted by Gasteiger charge is 1.85. The summed E-state index contributed by atoms with van der Waals surface area (Å²) in [5.74, 6) is 8.00. The summed E-state index contributed by atoms with van der Waals surface area (Å²) in [7, 11) is 1.00. The number of rotatable bonds is 1. The van der Waals surface area contributed by atoms with Gasteiger partial charge in [0.1, 0.15) is 6.29 Å². The maximum atomic E-state index is 10.1. The number of aliphatic hydroxyl groups excluding tert-OH is 1. The third kappa shape index (κ3) is 6.95. The van der Waals surface area contributed by atoms with Gasteiger partial charge in [-0.3, -0.25) is 16.5 Å². The van der Waals surface area contributed by atoms with Gasteiger partial charge in [-0.15, -0.1) is 0 Å². The Hall–Kier alpha value is -1.43. The van der Waals surface area contributed by atoms with E-state index in [4.69, 9.17) is 10.8 Å². The maximum absolute atomic E-state index is 10.1. The minimum atomic E-state index is 0.657. The summed E-state index contributed by atoms with van der Waals surface area (Å²) in [4.78, 5) is 10.1. The van der Waals surface area contributed by atoms with E-state index < -0.39 is 0 Å². The average Bonchev–Trinajstić information content (AvgIpc) is 2.25. The second-order valence-corrected chi connectivity index (χ2v) is 1.78. The number of hydrogen-bond acceptors (Lipinski definition) is 5. The number of aldehydes is 1. The van der Waals surface area contributed by atoms with Gasteiger partial charge >= 0.3 is 0 Å². The first kappa shape index (κ1) is 14.1. The number of aliphatic hydroxyl groups is 1. The van der Waals surface area contributed by atoms with Gasteiger partial charge in [0.05, 0.1) is 0 Å². The lowest BCUT2D eigenvalue weighted by Crippen LogP contribution is -2.02. The number of carbonyl (C=O) groups is 1. The molecule has 5 heteroatoms. The van der Waals surface area contributed by atoms with Gasteiger partial charge in [0.25, 0.3) is 0 Å². The van der Waals surface area contributed by atoms with Crippen molar-refractivity contribution < 1.29 is 9.90 Å². The van der Waals surface area contributed by atoms with Crippen LogP contribution in [0.5, 0.6) is 0 Å². The predicted octanol–water partition coefficient (Wildman–Crippen LogP) is -0.491. The van der Waals surface area contributed by atoms with Crippen LogP contribution in [0.2, 0.25) is 0 Å². The molecule has 0 radical (unpaired) electrons. The van der Waals surface area contributed by atoms with E-state index in [0.717, 1.165) is 13.4 Å². The number of nitrogens with two attached hydrogens (primary N) is 3. The number of hydrazine groups is 1. The lowest BCUT2D eigenvalue weighted by atomic mass is 10.2. The van der Waals surface area contributed by atoms with Gasteiger partial charge < -0.3 is 10.8 Å². The molecular weight excluding hydrogens is 170 g/mol. The summed E-state index contributed by atoms with van der Waals surface area (Å²) < 4.78 is 0. The van der Waals surface area contributed by atoms with Crippen LogP contribution in [0.4, 0.5) is 5.69 Å². The summed E-state index contributed by atoms with van der Waals surface area (Å²) in [6.07, 6.45) is 0.791. The fourth-order valence-electron chi connectivity index (χ4n) is 0.575. The van der Waals surface area contributed by atoms with E-state index in [1.165, 1.54) is 0 Å². The molecule has 0 aromatic heterocycles. The second kappa shape index (κ2) is 10.6. The summed E-state index contributed by atoms with van der Waals surface area (Å²) in [5, 5.41) is 7.00. The Bertz CT molecular complexity index is 211. The van der Waals surface area contributed by atoms with Crippen molar-refractivity contribution in [3.63, 3.8) is 0 Å². The minimum absolute atomic E-state index is 0.657. The van der Waals surface area contributed by atoms with Crippen LogP contribution >= 0.6 is 0 Å². The molecule has 1 aromatic carbocycles. The largest absolute Gasteiger partial charge is 0.400 e. The molecule has 13 heavy (non-hydrogen) atoms. The molecule has 0 aliphatic carbocycles. The Kier molecular flexibility index (Phi) is 11.5. The zero-order valence-electron chi connectivity index (χ0n) is 7.47. The number of benzene rings is 1. The van der Waals surface area contributed by atoms with Crippen LogP contribution < -0.4 is 17.4 Å². The summed E-state index contributed by atoms with van der Waals surface area (Å²) >= 11 is 0. The first-order chi connectivity index (χ1) is 6.33. The topological polar surface area (TPSA) is 115 Å². The van der Waals surface area contributed by atoms with Crippen LogP contribution in [0, 0.1) is 0 Å². The van der Waals surface area contributed by atoms with Gasteiger partial charge in [0, 0.05) is 18.4 Å². The standard InChI is InChI=1S/C7H7NO.CH4O.H4N2/c8-7-3-1-6(5-9)2-4-7;2*1-2/h1-5H,8H2;2H,1H3;1-2H2. The molecular formula is C8H15N3O2. The Balaban J connectivity index is 0. The van der Waals surface area contributed by atoms with Crippen molar-refractivity contribution in [1.82, 2.24) is 0 Å². The molecule has 1 aromatic rings. The Morgan fingerprint density at radius 1 is 1.15 bits per heavy atom. The molecule has 0 aliphatic rings. The van der Waals surface area contributed by atoms with E-state index in [1.54, 1.807) is 24.3 Å². The molecule has 0 spiro atoms. The lowest BCUT2D eigenvalue weighted by molar-refractivity contribution is 0.112. The highest BCUT2D eigenvalue weighted by atomic mass is 16.2. The first-order valence-electron chi connectivity index (χ1n) is 3.41. The highest BCUT2D eigenvalue weighted by molar-refractivity contribution is 5.75. The van der Waals surface area contributed by atoms with Crippen molar-refractivity contribution in [2.24, 2.45) is 11.7 Å². The Morgan fingerprint density at radius 2 is 1.54 bits per heavy atom. The van der Waals surface area contributed by atoms with Crippen LogP contribution in [0.25, 0.3) is 0 Å². The molecule has 0 saturated heterocycles. The molecule has 0 unspecified atom stereocenters. The second-order valence-electron chi connectivity index (χ2n) is 1.78. The van der Waals surface area contributed by atoms with E-state index in [9.17, 15) is 4.79 Å². The third-order valence-corrected chi connectivity index (χ3v) is 1.07. The molecule has 0 saturated carbocycles. The maximum Gasteiger partial charge on any atom is 0.150 e. The summed E-state index contributed by atoms with van der Waals surface area (Å²) in [5.41, 5.74) is 6.70. The molecule has 0 amide bonds. The summed E-state index contributed by atoms with van der Waals surface area (Å²) in [6, 6.07) is 6.76. The molecule has 7 N–H and O–H groups in total. The van der Waals surface area contributed by atoms with Crippen molar-refractivity contribution in [2.45, 2.75) is 0 Å². The predicted molar refractivity (Wildman–Crippen MR) is 52.8 cm³/mol. The highest BCUT2D eigenvalue weighted by Crippen LogP contribution is 2.01. The average molecular weight is 185 g/mol. The van der Waals surface area contributed by atoms with Crippen molar-refractivity contribution in [3.8, 4) is 0 Å². The van der Waals surface area contributed by atoms with Gasteiger partial charge in [-0.2, -0.15) is 0 Å². The van der Waals surface area contributed by atoms with E-state index in [-0.39, 0.29) is 0 Å². The van der Waals surface area contributed by atoms with Crippen LogP contribution in [0.15, 0.2) is 24.3 Å². The van der Waals surface area contributed by atoms with Crippen LogP contribution in [0.3, 0.4) is 0 Å². The zero-order valence-corrected chi connectivity index (χ0v) is 7.47. The third-order valence-electron chi connectivity index (χ3n) is 1.07. The Labute approximate surface area is 77.1 Å². The molecule has 0 bridgehead atoms. The van der Waals surface area contributed by atoms with E-state index in [2.05, 4.69) is 11.7 Å². The molecule has 5 nitrogen and oxygen atoms in total. The smallest absolute Gasteiger partial charge is 0.150 e. The van der Waals surface area contributed by atoms with E-state index >= 15 is 0 Å². The molecule has 0 heterocycles. The van der Waals surface area contributed by atoms with Crippen molar-refractivity contribution >= 4 is 12.0 Å². The normalized spacial score (nSPS) is 7.08. The summed E-state index contributed by atoms with van der Waals surface area (Å²) in [6.45, 7) is 0. The fourth-order valence-corrected chi connectivity index (χ4v) is 0.575. The Morgan fingerprint density at radius 3 is 1.85 bits per heavy atom. The van der Waals surface area contributed by atoms with Gasteiger partial charge in [0.2, 0.25) is 0 Å². The van der Waals surface area contributed by atoms with E-state index in [1.807, 2.05) is 0 Å². The van der Waals surface area contributed by atoms with Gasteiger partial charge in [-0.1, -0.05) is 0 Å². The molecule has 1 rings (SSSR count). The molecule has 0 aliphatic heterocycles. The van der Waals surface area contributed by atoms with Crippen molar-refractivity contribution in [3.05, 3.63) is 29.8 Å².